The molecule has 0 unspecified atom stereocenters. The largest absolute Gasteiger partial charge is 0.485 e. The molecule has 2 aromatic carbocycles. The Morgan fingerprint density at radius 1 is 1.15 bits per heavy atom. The molecular weight excluding hydrogens is 346 g/mol. The van der Waals surface area contributed by atoms with Gasteiger partial charge in [0, 0.05) is 5.69 Å². The molecule has 1 aliphatic heterocycles. The number of rotatable bonds is 6. The summed E-state index contributed by atoms with van der Waals surface area (Å²) in [6, 6.07) is 14.7. The average Bonchev–Trinajstić information content (AvgIpc) is 2.71. The lowest BCUT2D eigenvalue weighted by atomic mass is 9.99. The topological polar surface area (TPSA) is 73.9 Å². The first-order chi connectivity index (χ1) is 13.1. The minimum atomic E-state index is -0.887. The molecule has 0 aliphatic carbocycles. The van der Waals surface area contributed by atoms with Crippen LogP contribution < -0.4 is 14.8 Å². The molecule has 27 heavy (non-hydrogen) atoms. The van der Waals surface area contributed by atoms with E-state index in [-0.39, 0.29) is 13.2 Å². The molecule has 0 saturated carbocycles. The molecule has 1 amide bonds. The van der Waals surface area contributed by atoms with Crippen LogP contribution in [-0.2, 0) is 14.3 Å². The monoisotopic (exact) mass is 369 g/mol. The highest BCUT2D eigenvalue weighted by Crippen LogP contribution is 2.31. The minimum Gasteiger partial charge on any atom is -0.485 e. The maximum atomic E-state index is 12.1. The summed E-state index contributed by atoms with van der Waals surface area (Å²) in [4.78, 5) is 24.1. The molecule has 142 valence electrons. The van der Waals surface area contributed by atoms with Crippen molar-refractivity contribution in [3.8, 4) is 11.5 Å². The van der Waals surface area contributed by atoms with Gasteiger partial charge in [-0.1, -0.05) is 38.1 Å². The zero-order chi connectivity index (χ0) is 19.2. The van der Waals surface area contributed by atoms with Crippen molar-refractivity contribution in [2.45, 2.75) is 32.3 Å². The van der Waals surface area contributed by atoms with Crippen LogP contribution in [0.15, 0.2) is 48.5 Å². The summed E-state index contributed by atoms with van der Waals surface area (Å²) in [7, 11) is 0. The minimum absolute atomic E-state index is 0.0501. The van der Waals surface area contributed by atoms with Crippen LogP contribution in [0.5, 0.6) is 11.5 Å². The summed E-state index contributed by atoms with van der Waals surface area (Å²) in [5, 5.41) is 2.71. The number of hydrogen-bond donors (Lipinski definition) is 1. The Kier molecular flexibility index (Phi) is 5.96. The number of anilines is 1. The normalized spacial score (nSPS) is 16.3. The van der Waals surface area contributed by atoms with Crippen LogP contribution in [0.25, 0.3) is 0 Å². The predicted octanol–water partition coefficient (Wildman–Crippen LogP) is 3.52. The number of carbonyl (C=O) groups excluding carboxylic acids is 2. The summed E-state index contributed by atoms with van der Waals surface area (Å²) in [5.41, 5.74) is 1.88. The number of nitrogens with one attached hydrogen (secondary N) is 1. The third-order valence-corrected chi connectivity index (χ3v) is 4.49. The maximum absolute atomic E-state index is 12.1. The highest BCUT2D eigenvalue weighted by Gasteiger charge is 2.29. The maximum Gasteiger partial charge on any atom is 0.351 e. The number of hydrogen-bond acceptors (Lipinski definition) is 5. The van der Waals surface area contributed by atoms with Crippen LogP contribution in [0.4, 0.5) is 5.69 Å². The van der Waals surface area contributed by atoms with Gasteiger partial charge in [-0.3, -0.25) is 4.79 Å². The zero-order valence-electron chi connectivity index (χ0n) is 15.4. The Bertz CT molecular complexity index is 802. The lowest BCUT2D eigenvalue weighted by Crippen LogP contribution is -2.39. The van der Waals surface area contributed by atoms with Crippen molar-refractivity contribution in [3.63, 3.8) is 0 Å². The highest BCUT2D eigenvalue weighted by atomic mass is 16.6. The molecule has 2 atom stereocenters. The van der Waals surface area contributed by atoms with Crippen LogP contribution in [0.2, 0.25) is 0 Å². The average molecular weight is 369 g/mol. The molecule has 0 radical (unpaired) electrons. The summed E-state index contributed by atoms with van der Waals surface area (Å²) in [5.74, 6) is 0.499. The quantitative estimate of drug-likeness (QED) is 0.789. The van der Waals surface area contributed by atoms with E-state index in [4.69, 9.17) is 14.2 Å². The van der Waals surface area contributed by atoms with Gasteiger partial charge < -0.3 is 19.5 Å². The van der Waals surface area contributed by atoms with Gasteiger partial charge in [0.25, 0.3) is 5.91 Å². The number of esters is 1. The molecule has 6 heteroatoms. The second-order valence-electron chi connectivity index (χ2n) is 6.45. The molecule has 0 fully saturated rings. The molecule has 0 aromatic heterocycles. The molecule has 2 aromatic rings. The van der Waals surface area contributed by atoms with E-state index in [2.05, 4.69) is 19.2 Å². The van der Waals surface area contributed by atoms with E-state index in [1.807, 2.05) is 30.3 Å². The molecular formula is C21H23NO5. The van der Waals surface area contributed by atoms with Crippen molar-refractivity contribution >= 4 is 17.6 Å². The van der Waals surface area contributed by atoms with Crippen LogP contribution in [0, 0.1) is 0 Å². The van der Waals surface area contributed by atoms with Gasteiger partial charge in [-0.2, -0.15) is 0 Å². The first-order valence-corrected chi connectivity index (χ1v) is 9.01. The smallest absolute Gasteiger partial charge is 0.351 e. The SMILES string of the molecule is CC[C@H](C)c1ccc(NC(=O)COC(=O)[C@@H]2COc3ccccc3O2)cc1. The van der Waals surface area contributed by atoms with Crippen molar-refractivity contribution < 1.29 is 23.8 Å². The first-order valence-electron chi connectivity index (χ1n) is 9.01. The van der Waals surface area contributed by atoms with Crippen molar-refractivity contribution in [2.24, 2.45) is 0 Å². The predicted molar refractivity (Wildman–Crippen MR) is 101 cm³/mol. The Hall–Kier alpha value is -3.02. The standard InChI is InChI=1S/C21H23NO5/c1-3-14(2)15-8-10-16(11-9-15)22-20(23)13-26-21(24)19-12-25-17-6-4-5-7-18(17)27-19/h4-11,14,19H,3,12-13H2,1-2H3,(H,22,23)/t14-,19-/m0/s1. The molecule has 0 bridgehead atoms. The van der Waals surface area contributed by atoms with E-state index < -0.39 is 18.0 Å². The summed E-state index contributed by atoms with van der Waals surface area (Å²) < 4.78 is 16.1. The first kappa shape index (κ1) is 18.8. The summed E-state index contributed by atoms with van der Waals surface area (Å²) in [6.07, 6.45) is 0.168. The fraction of sp³-hybridized carbons (Fsp3) is 0.333. The van der Waals surface area contributed by atoms with E-state index in [1.165, 1.54) is 5.56 Å². The van der Waals surface area contributed by atoms with Crippen LogP contribution in [-0.4, -0.2) is 31.2 Å². The van der Waals surface area contributed by atoms with E-state index in [0.29, 0.717) is 23.1 Å². The molecule has 1 N–H and O–H groups in total. The Labute approximate surface area is 158 Å². The van der Waals surface area contributed by atoms with Crippen LogP contribution in [0.1, 0.15) is 31.7 Å². The van der Waals surface area contributed by atoms with Crippen molar-refractivity contribution in [1.29, 1.82) is 0 Å². The van der Waals surface area contributed by atoms with Crippen molar-refractivity contribution in [3.05, 3.63) is 54.1 Å². The number of amides is 1. The van der Waals surface area contributed by atoms with Gasteiger partial charge in [-0.05, 0) is 42.2 Å². The van der Waals surface area contributed by atoms with Gasteiger partial charge in [0.2, 0.25) is 6.10 Å². The molecule has 1 heterocycles. The fourth-order valence-electron chi connectivity index (χ4n) is 2.69. The summed E-state index contributed by atoms with van der Waals surface area (Å²) >= 11 is 0. The van der Waals surface area contributed by atoms with Gasteiger partial charge >= 0.3 is 5.97 Å². The summed E-state index contributed by atoms with van der Waals surface area (Å²) in [6.45, 7) is 3.96. The van der Waals surface area contributed by atoms with E-state index in [1.54, 1.807) is 18.2 Å². The lowest BCUT2D eigenvalue weighted by molar-refractivity contribution is -0.156. The molecule has 3 rings (SSSR count). The molecule has 0 saturated heterocycles. The highest BCUT2D eigenvalue weighted by molar-refractivity contribution is 5.93. The van der Waals surface area contributed by atoms with Gasteiger partial charge in [0.1, 0.15) is 6.61 Å². The second-order valence-corrected chi connectivity index (χ2v) is 6.45. The van der Waals surface area contributed by atoms with Gasteiger partial charge in [-0.15, -0.1) is 0 Å². The third-order valence-electron chi connectivity index (χ3n) is 4.49. The van der Waals surface area contributed by atoms with Crippen LogP contribution >= 0.6 is 0 Å². The third kappa shape index (κ3) is 4.78. The lowest BCUT2D eigenvalue weighted by Gasteiger charge is -2.24. The molecule has 0 spiro atoms. The zero-order valence-corrected chi connectivity index (χ0v) is 15.4. The number of fused-ring (bicyclic) bond motifs is 1. The van der Waals surface area contributed by atoms with Gasteiger partial charge in [0.05, 0.1) is 0 Å². The van der Waals surface area contributed by atoms with E-state index >= 15 is 0 Å². The Morgan fingerprint density at radius 2 is 1.85 bits per heavy atom. The van der Waals surface area contributed by atoms with Gasteiger partial charge in [0.15, 0.2) is 18.1 Å². The number of para-hydroxylation sites is 2. The molecule has 6 nitrogen and oxygen atoms in total. The number of benzene rings is 2. The number of carbonyl (C=O) groups is 2. The Balaban J connectivity index is 1.47. The second kappa shape index (κ2) is 8.58. The van der Waals surface area contributed by atoms with Crippen molar-refractivity contribution in [2.75, 3.05) is 18.5 Å². The number of ether oxygens (including phenoxy) is 3. The van der Waals surface area contributed by atoms with E-state index in [9.17, 15) is 9.59 Å². The fourth-order valence-corrected chi connectivity index (χ4v) is 2.69. The van der Waals surface area contributed by atoms with Gasteiger partial charge in [-0.25, -0.2) is 4.79 Å². The Morgan fingerprint density at radius 3 is 2.56 bits per heavy atom. The molecule has 1 aliphatic rings. The van der Waals surface area contributed by atoms with E-state index in [0.717, 1.165) is 6.42 Å². The van der Waals surface area contributed by atoms with Crippen LogP contribution in [0.3, 0.4) is 0 Å². The van der Waals surface area contributed by atoms with Crippen molar-refractivity contribution in [1.82, 2.24) is 0 Å².